The van der Waals surface area contributed by atoms with Gasteiger partial charge in [0.15, 0.2) is 0 Å². The van der Waals surface area contributed by atoms with Gasteiger partial charge in [-0.3, -0.25) is 0 Å². The van der Waals surface area contributed by atoms with Gasteiger partial charge in [0.2, 0.25) is 0 Å². The number of anilines is 12. The van der Waals surface area contributed by atoms with Crippen molar-refractivity contribution in [1.82, 2.24) is 0 Å². The van der Waals surface area contributed by atoms with Gasteiger partial charge in [0.25, 0.3) is 0 Å². The van der Waals surface area contributed by atoms with Crippen LogP contribution in [0.3, 0.4) is 0 Å². The Kier molecular flexibility index (Phi) is 8.70. The molecule has 0 N–H and O–H groups in total. The van der Waals surface area contributed by atoms with Crippen molar-refractivity contribution in [3.63, 3.8) is 0 Å². The molecular formula is C62H50N4. The molecule has 0 spiro atoms. The molecule has 0 fully saturated rings. The summed E-state index contributed by atoms with van der Waals surface area (Å²) in [6.45, 7) is 8.66. The first-order chi connectivity index (χ1) is 32.3. The lowest BCUT2D eigenvalue weighted by Gasteiger charge is -2.44. The summed E-state index contributed by atoms with van der Waals surface area (Å²) in [4.78, 5) is 10.2. The van der Waals surface area contributed by atoms with Gasteiger partial charge in [-0.05, 0) is 146 Å². The van der Waals surface area contributed by atoms with E-state index < -0.39 is 0 Å². The lowest BCUT2D eigenvalue weighted by atomic mass is 9.81. The lowest BCUT2D eigenvalue weighted by Crippen LogP contribution is -2.29. The van der Waals surface area contributed by atoms with E-state index in [2.05, 4.69) is 229 Å². The second-order valence-corrected chi connectivity index (χ2v) is 18.9. The van der Waals surface area contributed by atoms with Gasteiger partial charge in [0.1, 0.15) is 0 Å². The maximum atomic E-state index is 2.61. The van der Waals surface area contributed by atoms with Crippen LogP contribution < -0.4 is 19.6 Å². The normalized spacial score (nSPS) is 13.5. The number of fused-ring (bicyclic) bond motifs is 8. The molecule has 4 nitrogen and oxygen atoms in total. The quantitative estimate of drug-likeness (QED) is 0.165. The third-order valence-electron chi connectivity index (χ3n) is 14.5. The Balaban J connectivity index is 0.987. The van der Waals surface area contributed by atoms with E-state index in [1.165, 1.54) is 135 Å². The first-order valence-corrected chi connectivity index (χ1v) is 23.4. The third-order valence-corrected chi connectivity index (χ3v) is 14.5. The number of benzene rings is 9. The predicted molar refractivity (Wildman–Crippen MR) is 275 cm³/mol. The van der Waals surface area contributed by atoms with Gasteiger partial charge < -0.3 is 19.6 Å². The van der Waals surface area contributed by atoms with Crippen molar-refractivity contribution in [3.05, 3.63) is 249 Å². The van der Waals surface area contributed by atoms with Crippen molar-refractivity contribution < 1.29 is 0 Å². The van der Waals surface area contributed by atoms with Gasteiger partial charge in [-0.15, -0.1) is 0 Å². The van der Waals surface area contributed by atoms with E-state index >= 15 is 0 Å². The first-order valence-electron chi connectivity index (χ1n) is 23.4. The maximum absolute atomic E-state index is 2.61. The summed E-state index contributed by atoms with van der Waals surface area (Å²) in [7, 11) is 0. The SMILES string of the molecule is Cc1ccc(N(c2ccc(C)cc2)c2ccc3c4c2Cc2ccccc2N4c2cc4c(cc2C3)N2c3ccccc3Cc3c(N(c5ccc(C)cc5)c5ccc(C)cc5)ccc(c32)C4)cc1. The van der Waals surface area contributed by atoms with Crippen LogP contribution in [0.2, 0.25) is 0 Å². The molecule has 4 heterocycles. The highest BCUT2D eigenvalue weighted by atomic mass is 15.2. The molecule has 0 bridgehead atoms. The highest BCUT2D eigenvalue weighted by Crippen LogP contribution is 2.59. The fourth-order valence-electron chi connectivity index (χ4n) is 11.2. The number of nitrogens with zero attached hydrogens (tertiary/aromatic N) is 4. The van der Waals surface area contributed by atoms with E-state index in [1.807, 2.05) is 0 Å². The number of hydrogen-bond acceptors (Lipinski definition) is 4. The molecule has 0 aliphatic carbocycles. The Bertz CT molecular complexity index is 3080. The van der Waals surface area contributed by atoms with Crippen molar-refractivity contribution in [1.29, 1.82) is 0 Å². The van der Waals surface area contributed by atoms with Crippen LogP contribution in [0.1, 0.15) is 66.8 Å². The number of para-hydroxylation sites is 2. The molecule has 0 atom stereocenters. The molecule has 9 aromatic rings. The molecule has 0 amide bonds. The zero-order valence-electron chi connectivity index (χ0n) is 37.9. The van der Waals surface area contributed by atoms with Crippen molar-refractivity contribution in [2.24, 2.45) is 0 Å². The Morgan fingerprint density at radius 1 is 0.303 bits per heavy atom. The average molecular weight is 851 g/mol. The lowest BCUT2D eigenvalue weighted by molar-refractivity contribution is 0.978. The summed E-state index contributed by atoms with van der Waals surface area (Å²) in [6, 6.07) is 68.8. The number of hydrogen-bond donors (Lipinski definition) is 0. The van der Waals surface area contributed by atoms with E-state index in [1.54, 1.807) is 0 Å². The van der Waals surface area contributed by atoms with Crippen LogP contribution >= 0.6 is 0 Å². The molecule has 0 radical (unpaired) electrons. The van der Waals surface area contributed by atoms with Gasteiger partial charge >= 0.3 is 0 Å². The molecule has 66 heavy (non-hydrogen) atoms. The summed E-state index contributed by atoms with van der Waals surface area (Å²) >= 11 is 0. The topological polar surface area (TPSA) is 13.0 Å². The fourth-order valence-corrected chi connectivity index (χ4v) is 11.2. The Hall–Kier alpha value is -7.82. The minimum absolute atomic E-state index is 0.864. The molecule has 318 valence electrons. The highest BCUT2D eigenvalue weighted by Gasteiger charge is 2.39. The van der Waals surface area contributed by atoms with Crippen molar-refractivity contribution in [2.45, 2.75) is 53.4 Å². The van der Waals surface area contributed by atoms with Crippen molar-refractivity contribution >= 4 is 68.2 Å². The highest BCUT2D eigenvalue weighted by molar-refractivity contribution is 5.98. The summed E-state index contributed by atoms with van der Waals surface area (Å²) in [6.07, 6.45) is 3.46. The summed E-state index contributed by atoms with van der Waals surface area (Å²) in [5, 5.41) is 0. The number of rotatable bonds is 6. The van der Waals surface area contributed by atoms with Crippen LogP contribution in [-0.4, -0.2) is 0 Å². The van der Waals surface area contributed by atoms with Crippen LogP contribution in [0.15, 0.2) is 182 Å². The fraction of sp³-hybridized carbons (Fsp3) is 0.129. The second-order valence-electron chi connectivity index (χ2n) is 18.9. The third kappa shape index (κ3) is 6.05. The van der Waals surface area contributed by atoms with Crippen LogP contribution in [0.4, 0.5) is 68.2 Å². The van der Waals surface area contributed by atoms with Gasteiger partial charge in [-0.1, -0.05) is 119 Å². The zero-order valence-corrected chi connectivity index (χ0v) is 37.9. The largest absolute Gasteiger partial charge is 0.310 e. The number of aryl methyl sites for hydroxylation is 4. The summed E-state index contributed by atoms with van der Waals surface area (Å²) in [5.74, 6) is 0. The molecule has 4 heteroatoms. The smallest absolute Gasteiger partial charge is 0.0553 e. The maximum Gasteiger partial charge on any atom is 0.0553 e. The molecule has 0 unspecified atom stereocenters. The molecule has 4 aliphatic rings. The van der Waals surface area contributed by atoms with E-state index in [9.17, 15) is 0 Å². The molecular weight excluding hydrogens is 801 g/mol. The van der Waals surface area contributed by atoms with Crippen LogP contribution in [0.5, 0.6) is 0 Å². The van der Waals surface area contributed by atoms with E-state index in [0.29, 0.717) is 0 Å². The Morgan fingerprint density at radius 2 is 0.636 bits per heavy atom. The van der Waals surface area contributed by atoms with Gasteiger partial charge in [0, 0.05) is 70.9 Å². The van der Waals surface area contributed by atoms with E-state index in [0.717, 1.165) is 25.7 Å². The monoisotopic (exact) mass is 850 g/mol. The standard InChI is InChI=1S/C62H50N4/c1-39-13-23-49(24-14-39)63(50-25-15-40(2)16-26-50)57-31-21-45-33-47-38-60-48(37-59(47)65-55-11-7-5-9-43(55)35-53(57)61(45)65)34-46-22-32-58(54-36-44-10-6-8-12-56(44)66(60)62(46)54)64(51-27-17-41(3)18-28-51)52-29-19-42(4)20-30-52/h5-32,37-38H,33-36H2,1-4H3. The second kappa shape index (κ2) is 14.9. The molecule has 0 saturated carbocycles. The van der Waals surface area contributed by atoms with Crippen molar-refractivity contribution in [3.8, 4) is 0 Å². The first kappa shape index (κ1) is 38.6. The van der Waals surface area contributed by atoms with Crippen LogP contribution in [0, 0.1) is 27.7 Å². The molecule has 0 saturated heterocycles. The van der Waals surface area contributed by atoms with Gasteiger partial charge in [-0.2, -0.15) is 0 Å². The average Bonchev–Trinajstić information content (AvgIpc) is 3.34. The summed E-state index contributed by atoms with van der Waals surface area (Å²) in [5.41, 5.74) is 30.9. The van der Waals surface area contributed by atoms with Gasteiger partial charge in [-0.25, -0.2) is 0 Å². The van der Waals surface area contributed by atoms with Crippen LogP contribution in [-0.2, 0) is 25.7 Å². The summed E-state index contributed by atoms with van der Waals surface area (Å²) < 4.78 is 0. The zero-order chi connectivity index (χ0) is 44.2. The minimum Gasteiger partial charge on any atom is -0.310 e. The van der Waals surface area contributed by atoms with Gasteiger partial charge in [0.05, 0.1) is 34.1 Å². The van der Waals surface area contributed by atoms with E-state index in [4.69, 9.17) is 0 Å². The molecule has 4 aliphatic heterocycles. The molecule has 13 rings (SSSR count). The Morgan fingerprint density at radius 3 is 0.985 bits per heavy atom. The predicted octanol–water partition coefficient (Wildman–Crippen LogP) is 16.4. The van der Waals surface area contributed by atoms with Crippen LogP contribution in [0.25, 0.3) is 0 Å². The van der Waals surface area contributed by atoms with Crippen molar-refractivity contribution in [2.75, 3.05) is 19.6 Å². The Labute approximate surface area is 388 Å². The molecule has 0 aromatic heterocycles. The molecule has 9 aromatic carbocycles. The minimum atomic E-state index is 0.864. The van der Waals surface area contributed by atoms with E-state index in [-0.39, 0.29) is 0 Å².